The van der Waals surface area contributed by atoms with Crippen LogP contribution in [0.1, 0.15) is 43.9 Å². The van der Waals surface area contributed by atoms with E-state index >= 15 is 0 Å². The number of ether oxygens (including phenoxy) is 1. The highest BCUT2D eigenvalue weighted by Crippen LogP contribution is 2.24. The lowest BCUT2D eigenvalue weighted by Crippen LogP contribution is -2.40. The standard InChI is InChI=1S/C21H27ClN2O3/c22-17-8-10-18(11-9-17)26-14-5-7-21(25)23-16-19(20-6-4-15-27-20)24-12-2-1-3-13-24/h4,6,8-11,15,19H,1-3,5,7,12-14,16H2,(H,23,25). The van der Waals surface area contributed by atoms with Gasteiger partial charge in [-0.25, -0.2) is 0 Å². The Labute approximate surface area is 165 Å². The molecule has 5 nitrogen and oxygen atoms in total. The van der Waals surface area contributed by atoms with Crippen LogP contribution in [-0.2, 0) is 4.79 Å². The summed E-state index contributed by atoms with van der Waals surface area (Å²) in [7, 11) is 0. The molecule has 146 valence electrons. The van der Waals surface area contributed by atoms with E-state index in [1.807, 2.05) is 24.3 Å². The van der Waals surface area contributed by atoms with Gasteiger partial charge in [0.05, 0.1) is 18.9 Å². The average Bonchev–Trinajstić information content (AvgIpc) is 3.22. The lowest BCUT2D eigenvalue weighted by Gasteiger charge is -2.33. The lowest BCUT2D eigenvalue weighted by atomic mass is 10.1. The van der Waals surface area contributed by atoms with E-state index in [2.05, 4.69) is 10.2 Å². The van der Waals surface area contributed by atoms with Gasteiger partial charge in [-0.05, 0) is 68.8 Å². The molecule has 1 amide bonds. The topological polar surface area (TPSA) is 54.7 Å². The summed E-state index contributed by atoms with van der Waals surface area (Å²) in [6.45, 7) is 3.18. The van der Waals surface area contributed by atoms with E-state index in [0.29, 0.717) is 31.0 Å². The number of furan rings is 1. The Balaban J connectivity index is 1.40. The average molecular weight is 391 g/mol. The van der Waals surface area contributed by atoms with Crippen molar-refractivity contribution in [3.63, 3.8) is 0 Å². The van der Waals surface area contributed by atoms with Gasteiger partial charge >= 0.3 is 0 Å². The summed E-state index contributed by atoms with van der Waals surface area (Å²) in [5, 5.41) is 3.74. The first-order chi connectivity index (χ1) is 13.2. The molecule has 2 heterocycles. The Morgan fingerprint density at radius 2 is 1.96 bits per heavy atom. The van der Waals surface area contributed by atoms with Crippen LogP contribution in [0.3, 0.4) is 0 Å². The second-order valence-corrected chi connectivity index (χ2v) is 7.27. The number of piperidine rings is 1. The number of likely N-dealkylation sites (tertiary alicyclic amines) is 1. The highest BCUT2D eigenvalue weighted by molar-refractivity contribution is 6.30. The molecule has 1 fully saturated rings. The summed E-state index contributed by atoms with van der Waals surface area (Å²) < 4.78 is 11.2. The Morgan fingerprint density at radius 1 is 1.19 bits per heavy atom. The zero-order chi connectivity index (χ0) is 18.9. The first kappa shape index (κ1) is 19.8. The van der Waals surface area contributed by atoms with E-state index in [9.17, 15) is 4.79 Å². The molecule has 2 aromatic rings. The van der Waals surface area contributed by atoms with E-state index in [0.717, 1.165) is 24.6 Å². The Hall–Kier alpha value is -1.98. The molecule has 0 bridgehead atoms. The smallest absolute Gasteiger partial charge is 0.220 e. The Morgan fingerprint density at radius 3 is 2.67 bits per heavy atom. The first-order valence-corrected chi connectivity index (χ1v) is 10.0. The third-order valence-electron chi connectivity index (χ3n) is 4.83. The van der Waals surface area contributed by atoms with Gasteiger partial charge in [0, 0.05) is 18.0 Å². The number of amides is 1. The summed E-state index contributed by atoms with van der Waals surface area (Å²) >= 11 is 5.85. The van der Waals surface area contributed by atoms with Crippen molar-refractivity contribution in [1.29, 1.82) is 0 Å². The number of rotatable bonds is 9. The maximum Gasteiger partial charge on any atom is 0.220 e. The number of hydrogen-bond donors (Lipinski definition) is 1. The van der Waals surface area contributed by atoms with Gasteiger partial charge in [-0.15, -0.1) is 0 Å². The van der Waals surface area contributed by atoms with Crippen molar-refractivity contribution < 1.29 is 13.9 Å². The molecule has 1 aromatic heterocycles. The molecule has 1 unspecified atom stereocenters. The molecule has 0 radical (unpaired) electrons. The molecule has 1 atom stereocenters. The fraction of sp³-hybridized carbons (Fsp3) is 0.476. The molecule has 1 saturated heterocycles. The van der Waals surface area contributed by atoms with E-state index in [1.54, 1.807) is 18.4 Å². The minimum Gasteiger partial charge on any atom is -0.494 e. The fourth-order valence-corrected chi connectivity index (χ4v) is 3.50. The minimum absolute atomic E-state index is 0.0447. The number of nitrogens with zero attached hydrogens (tertiary/aromatic N) is 1. The monoisotopic (exact) mass is 390 g/mol. The maximum atomic E-state index is 12.2. The molecule has 6 heteroatoms. The van der Waals surface area contributed by atoms with E-state index < -0.39 is 0 Å². The largest absolute Gasteiger partial charge is 0.494 e. The number of carbonyl (C=O) groups is 1. The highest BCUT2D eigenvalue weighted by Gasteiger charge is 2.24. The second kappa shape index (κ2) is 10.4. The molecule has 1 aliphatic rings. The summed E-state index contributed by atoms with van der Waals surface area (Å²) in [6.07, 6.45) is 6.49. The zero-order valence-corrected chi connectivity index (χ0v) is 16.3. The van der Waals surface area contributed by atoms with Crippen molar-refractivity contribution in [1.82, 2.24) is 10.2 Å². The normalized spacial score (nSPS) is 16.0. The molecule has 0 saturated carbocycles. The van der Waals surface area contributed by atoms with Crippen molar-refractivity contribution >= 4 is 17.5 Å². The minimum atomic E-state index is 0.0447. The van der Waals surface area contributed by atoms with Gasteiger partial charge in [-0.3, -0.25) is 9.69 Å². The second-order valence-electron chi connectivity index (χ2n) is 6.84. The quantitative estimate of drug-likeness (QED) is 0.643. The van der Waals surface area contributed by atoms with Gasteiger partial charge in [0.2, 0.25) is 5.91 Å². The number of halogens is 1. The zero-order valence-electron chi connectivity index (χ0n) is 15.5. The molecule has 0 spiro atoms. The predicted octanol–water partition coefficient (Wildman–Crippen LogP) is 4.44. The van der Waals surface area contributed by atoms with Gasteiger partial charge in [0.15, 0.2) is 0 Å². The van der Waals surface area contributed by atoms with Crippen molar-refractivity contribution in [3.8, 4) is 5.75 Å². The van der Waals surface area contributed by atoms with Crippen molar-refractivity contribution in [2.24, 2.45) is 0 Å². The Kier molecular flexibility index (Phi) is 7.60. The molecule has 27 heavy (non-hydrogen) atoms. The van der Waals surface area contributed by atoms with Gasteiger partial charge in [-0.1, -0.05) is 18.0 Å². The van der Waals surface area contributed by atoms with Crippen LogP contribution in [0.5, 0.6) is 5.75 Å². The highest BCUT2D eigenvalue weighted by atomic mass is 35.5. The summed E-state index contributed by atoms with van der Waals surface area (Å²) in [6, 6.07) is 11.2. The molecule has 3 rings (SSSR count). The van der Waals surface area contributed by atoms with Crippen LogP contribution in [0, 0.1) is 0 Å². The van der Waals surface area contributed by atoms with Crippen LogP contribution in [-0.4, -0.2) is 37.0 Å². The van der Waals surface area contributed by atoms with Crippen molar-refractivity contribution in [3.05, 3.63) is 53.4 Å². The molecule has 1 N–H and O–H groups in total. The number of hydrogen-bond acceptors (Lipinski definition) is 4. The maximum absolute atomic E-state index is 12.2. The van der Waals surface area contributed by atoms with Gasteiger partial charge < -0.3 is 14.5 Å². The number of nitrogens with one attached hydrogen (secondary N) is 1. The van der Waals surface area contributed by atoms with Crippen LogP contribution in [0.2, 0.25) is 5.02 Å². The number of benzene rings is 1. The summed E-state index contributed by atoms with van der Waals surface area (Å²) in [5.41, 5.74) is 0. The Bertz CT molecular complexity index is 682. The van der Waals surface area contributed by atoms with Crippen LogP contribution < -0.4 is 10.1 Å². The molecule has 1 aliphatic heterocycles. The van der Waals surface area contributed by atoms with Crippen molar-refractivity contribution in [2.75, 3.05) is 26.2 Å². The fourth-order valence-electron chi connectivity index (χ4n) is 3.37. The van der Waals surface area contributed by atoms with Crippen LogP contribution >= 0.6 is 11.6 Å². The van der Waals surface area contributed by atoms with Crippen LogP contribution in [0.25, 0.3) is 0 Å². The predicted molar refractivity (Wildman–Crippen MR) is 106 cm³/mol. The molecular formula is C21H27ClN2O3. The third kappa shape index (κ3) is 6.29. The van der Waals surface area contributed by atoms with Crippen molar-refractivity contribution in [2.45, 2.75) is 38.1 Å². The first-order valence-electron chi connectivity index (χ1n) is 9.65. The lowest BCUT2D eigenvalue weighted by molar-refractivity contribution is -0.121. The number of carbonyl (C=O) groups excluding carboxylic acids is 1. The summed E-state index contributed by atoms with van der Waals surface area (Å²) in [4.78, 5) is 14.6. The van der Waals surface area contributed by atoms with E-state index in [4.69, 9.17) is 20.8 Å². The van der Waals surface area contributed by atoms with Crippen LogP contribution in [0.4, 0.5) is 0 Å². The molecule has 0 aliphatic carbocycles. The van der Waals surface area contributed by atoms with Gasteiger partial charge in [0.1, 0.15) is 11.5 Å². The SMILES string of the molecule is O=C(CCCOc1ccc(Cl)cc1)NCC(c1ccco1)N1CCCCC1. The molecular weight excluding hydrogens is 364 g/mol. The summed E-state index contributed by atoms with van der Waals surface area (Å²) in [5.74, 6) is 1.73. The van der Waals surface area contributed by atoms with Gasteiger partial charge in [0.25, 0.3) is 0 Å². The molecule has 1 aromatic carbocycles. The van der Waals surface area contributed by atoms with E-state index in [1.165, 1.54) is 19.3 Å². The van der Waals surface area contributed by atoms with Gasteiger partial charge in [-0.2, -0.15) is 0 Å². The van der Waals surface area contributed by atoms with Crippen LogP contribution in [0.15, 0.2) is 47.1 Å². The van der Waals surface area contributed by atoms with E-state index in [-0.39, 0.29) is 11.9 Å². The third-order valence-corrected chi connectivity index (χ3v) is 5.08.